The van der Waals surface area contributed by atoms with E-state index in [4.69, 9.17) is 0 Å². The van der Waals surface area contributed by atoms with Gasteiger partial charge >= 0.3 is 0 Å². The first-order valence-electron chi connectivity index (χ1n) is 3.58. The quantitative estimate of drug-likeness (QED) is 0.623. The lowest BCUT2D eigenvalue weighted by Crippen LogP contribution is -2.23. The fourth-order valence-corrected chi connectivity index (χ4v) is 1.06. The third-order valence-electron chi connectivity index (χ3n) is 1.60. The van der Waals surface area contributed by atoms with E-state index in [1.54, 1.807) is 6.21 Å². The van der Waals surface area contributed by atoms with Crippen LogP contribution in [0.5, 0.6) is 0 Å². The van der Waals surface area contributed by atoms with Crippen LogP contribution in [0.4, 0.5) is 0 Å². The standard InChI is InChI=1S/C9H8N2.HI/c1-2-4-9-8(3-1)7-10-5-6-11-9;/h1-5,7H,6H2;1H. The van der Waals surface area contributed by atoms with Crippen molar-refractivity contribution in [2.75, 3.05) is 6.54 Å². The summed E-state index contributed by atoms with van der Waals surface area (Å²) in [5.74, 6) is 0. The van der Waals surface area contributed by atoms with Gasteiger partial charge in [-0.15, -0.1) is 24.0 Å². The van der Waals surface area contributed by atoms with Crippen molar-refractivity contribution in [1.29, 1.82) is 0 Å². The van der Waals surface area contributed by atoms with Crippen molar-refractivity contribution < 1.29 is 0 Å². The Hall–Kier alpha value is -0.710. The van der Waals surface area contributed by atoms with Crippen LogP contribution in [0.15, 0.2) is 34.3 Å². The molecule has 0 amide bonds. The molecule has 0 saturated heterocycles. The third kappa shape index (κ3) is 1.91. The second kappa shape index (κ2) is 4.35. The number of para-hydroxylation sites is 1. The SMILES string of the molecule is C1=NC=c2ccccc2=NC1.I. The van der Waals surface area contributed by atoms with E-state index in [2.05, 4.69) is 9.98 Å². The van der Waals surface area contributed by atoms with Crippen LogP contribution in [0.2, 0.25) is 0 Å². The number of rotatable bonds is 0. The Morgan fingerprint density at radius 2 is 2.00 bits per heavy atom. The Balaban J connectivity index is 0.000000720. The molecule has 1 aliphatic rings. The summed E-state index contributed by atoms with van der Waals surface area (Å²) in [5, 5.41) is 2.13. The summed E-state index contributed by atoms with van der Waals surface area (Å²) in [4.78, 5) is 8.37. The van der Waals surface area contributed by atoms with Crippen LogP contribution in [0.1, 0.15) is 0 Å². The van der Waals surface area contributed by atoms with E-state index in [-0.39, 0.29) is 24.0 Å². The van der Waals surface area contributed by atoms with Gasteiger partial charge in [-0.1, -0.05) is 18.2 Å². The highest BCUT2D eigenvalue weighted by molar-refractivity contribution is 14.0. The lowest BCUT2D eigenvalue weighted by atomic mass is 10.3. The average molecular weight is 272 g/mol. The summed E-state index contributed by atoms with van der Waals surface area (Å²) in [7, 11) is 0. The second-order valence-electron chi connectivity index (χ2n) is 2.36. The Bertz CT molecular complexity index is 395. The van der Waals surface area contributed by atoms with Crippen LogP contribution >= 0.6 is 24.0 Å². The minimum atomic E-state index is 0. The Morgan fingerprint density at radius 1 is 1.17 bits per heavy atom. The molecule has 2 rings (SSSR count). The number of hydrogen-bond acceptors (Lipinski definition) is 2. The molecule has 0 saturated carbocycles. The molecule has 0 aromatic heterocycles. The molecule has 0 unspecified atom stereocenters. The van der Waals surface area contributed by atoms with E-state index in [9.17, 15) is 0 Å². The predicted molar refractivity (Wildman–Crippen MR) is 60.5 cm³/mol. The van der Waals surface area contributed by atoms with Gasteiger partial charge in [-0.3, -0.25) is 9.98 Å². The van der Waals surface area contributed by atoms with Crippen molar-refractivity contribution >= 4 is 36.4 Å². The molecule has 0 radical (unpaired) electrons. The van der Waals surface area contributed by atoms with Crippen molar-refractivity contribution in [3.8, 4) is 0 Å². The Kier molecular flexibility index (Phi) is 3.40. The monoisotopic (exact) mass is 272 g/mol. The summed E-state index contributed by atoms with van der Waals surface area (Å²) in [6, 6.07) is 8.00. The van der Waals surface area contributed by atoms with Crippen molar-refractivity contribution in [3.63, 3.8) is 0 Å². The molecule has 0 bridgehead atoms. The molecule has 0 fully saturated rings. The molecule has 1 aromatic carbocycles. The van der Waals surface area contributed by atoms with Gasteiger partial charge in [0.1, 0.15) is 0 Å². The van der Waals surface area contributed by atoms with Gasteiger partial charge in [-0.2, -0.15) is 0 Å². The molecular formula is C9H9IN2. The molecule has 0 N–H and O–H groups in total. The van der Waals surface area contributed by atoms with Crippen LogP contribution < -0.4 is 10.6 Å². The molecule has 3 heteroatoms. The third-order valence-corrected chi connectivity index (χ3v) is 1.60. The van der Waals surface area contributed by atoms with Gasteiger partial charge in [0.05, 0.1) is 11.9 Å². The molecule has 12 heavy (non-hydrogen) atoms. The molecule has 1 heterocycles. The Labute approximate surface area is 87.8 Å². The zero-order valence-corrected chi connectivity index (χ0v) is 8.80. The van der Waals surface area contributed by atoms with Gasteiger partial charge in [-0.25, -0.2) is 0 Å². The van der Waals surface area contributed by atoms with Gasteiger partial charge in [0, 0.05) is 17.6 Å². The largest absolute Gasteiger partial charge is 0.279 e. The first-order chi connectivity index (χ1) is 5.47. The number of nitrogens with zero attached hydrogens (tertiary/aromatic N) is 2. The van der Waals surface area contributed by atoms with Crippen LogP contribution in [0.25, 0.3) is 6.20 Å². The molecule has 0 spiro atoms. The van der Waals surface area contributed by atoms with Crippen LogP contribution in [-0.4, -0.2) is 12.8 Å². The van der Waals surface area contributed by atoms with Crippen LogP contribution in [0, 0.1) is 0 Å². The van der Waals surface area contributed by atoms with Crippen molar-refractivity contribution in [3.05, 3.63) is 34.8 Å². The normalized spacial score (nSPS) is 13.0. The summed E-state index contributed by atoms with van der Waals surface area (Å²) in [6.45, 7) is 0.688. The molecule has 62 valence electrons. The fraction of sp³-hybridized carbons (Fsp3) is 0.111. The smallest absolute Gasteiger partial charge is 0.0749 e. The van der Waals surface area contributed by atoms with E-state index in [0.29, 0.717) is 6.54 Å². The maximum atomic E-state index is 4.31. The zero-order chi connectivity index (χ0) is 7.52. The summed E-state index contributed by atoms with van der Waals surface area (Å²) >= 11 is 0. The molecular weight excluding hydrogens is 263 g/mol. The zero-order valence-electron chi connectivity index (χ0n) is 6.47. The van der Waals surface area contributed by atoms with E-state index < -0.39 is 0 Å². The molecule has 1 aliphatic heterocycles. The molecule has 2 nitrogen and oxygen atoms in total. The van der Waals surface area contributed by atoms with Crippen molar-refractivity contribution in [1.82, 2.24) is 0 Å². The highest BCUT2D eigenvalue weighted by Gasteiger charge is 1.86. The van der Waals surface area contributed by atoms with Gasteiger partial charge in [-0.05, 0) is 6.07 Å². The summed E-state index contributed by atoms with van der Waals surface area (Å²) in [5.41, 5.74) is 0. The summed E-state index contributed by atoms with van der Waals surface area (Å²) in [6.07, 6.45) is 3.64. The Morgan fingerprint density at radius 3 is 2.92 bits per heavy atom. The predicted octanol–water partition coefficient (Wildman–Crippen LogP) is 0.747. The molecule has 0 atom stereocenters. The van der Waals surface area contributed by atoms with E-state index in [1.807, 2.05) is 30.5 Å². The first kappa shape index (κ1) is 9.38. The highest BCUT2D eigenvalue weighted by atomic mass is 127. The van der Waals surface area contributed by atoms with Crippen LogP contribution in [0.3, 0.4) is 0 Å². The second-order valence-corrected chi connectivity index (χ2v) is 2.36. The number of fused-ring (bicyclic) bond motifs is 1. The topological polar surface area (TPSA) is 24.7 Å². The van der Waals surface area contributed by atoms with Gasteiger partial charge < -0.3 is 0 Å². The minimum absolute atomic E-state index is 0. The fourth-order valence-electron chi connectivity index (χ4n) is 1.06. The maximum Gasteiger partial charge on any atom is 0.0749 e. The van der Waals surface area contributed by atoms with E-state index >= 15 is 0 Å². The molecule has 0 aliphatic carbocycles. The average Bonchev–Trinajstić information content (AvgIpc) is 2.28. The van der Waals surface area contributed by atoms with Crippen molar-refractivity contribution in [2.24, 2.45) is 9.98 Å². The number of aliphatic imine (C=N–C) groups is 1. The summed E-state index contributed by atoms with van der Waals surface area (Å²) < 4.78 is 0. The number of benzene rings is 1. The van der Waals surface area contributed by atoms with Crippen LogP contribution in [-0.2, 0) is 0 Å². The van der Waals surface area contributed by atoms with Crippen molar-refractivity contribution in [2.45, 2.75) is 0 Å². The number of hydrogen-bond donors (Lipinski definition) is 0. The number of halogens is 1. The molecule has 1 aromatic rings. The lowest BCUT2D eigenvalue weighted by Gasteiger charge is -1.84. The highest BCUT2D eigenvalue weighted by Crippen LogP contribution is 1.77. The first-order valence-corrected chi connectivity index (χ1v) is 3.58. The van der Waals surface area contributed by atoms with Gasteiger partial charge in [0.25, 0.3) is 0 Å². The lowest BCUT2D eigenvalue weighted by molar-refractivity contribution is 1.19. The maximum absolute atomic E-state index is 4.31. The van der Waals surface area contributed by atoms with E-state index in [0.717, 1.165) is 10.6 Å². The minimum Gasteiger partial charge on any atom is -0.279 e. The van der Waals surface area contributed by atoms with Gasteiger partial charge in [0.15, 0.2) is 0 Å². The van der Waals surface area contributed by atoms with Gasteiger partial charge in [0.2, 0.25) is 0 Å². The van der Waals surface area contributed by atoms with E-state index in [1.165, 1.54) is 0 Å².